The Labute approximate surface area is 118 Å². The third-order valence-corrected chi connectivity index (χ3v) is 3.13. The average Bonchev–Trinajstić information content (AvgIpc) is 2.82. The Kier molecular flexibility index (Phi) is 4.70. The molecule has 2 aromatic rings. The second-order valence-electron chi connectivity index (χ2n) is 4.69. The Balaban J connectivity index is 2.17. The van der Waals surface area contributed by atoms with Crippen molar-refractivity contribution in [2.24, 2.45) is 5.73 Å². The summed E-state index contributed by atoms with van der Waals surface area (Å²) >= 11 is 0. The molecule has 0 saturated heterocycles. The van der Waals surface area contributed by atoms with Gasteiger partial charge >= 0.3 is 0 Å². The summed E-state index contributed by atoms with van der Waals surface area (Å²) < 4.78 is 7.49. The summed E-state index contributed by atoms with van der Waals surface area (Å²) in [6.07, 6.45) is 0. The predicted octanol–water partition coefficient (Wildman–Crippen LogP) is 0.925. The van der Waals surface area contributed by atoms with E-state index in [-0.39, 0.29) is 6.61 Å². The normalized spacial score (nSPS) is 10.8. The standard InChI is InChI=1S/C14H20N4O2/c1-10-3-4-11(2)14(7-10)20-9-13-12(8-15)16-17-18(13)5-6-19/h3-4,7,19H,5-6,8-9,15H2,1-2H3. The van der Waals surface area contributed by atoms with Crippen LogP contribution in [0, 0.1) is 13.8 Å². The zero-order valence-corrected chi connectivity index (χ0v) is 11.8. The van der Waals surface area contributed by atoms with E-state index < -0.39 is 0 Å². The number of hydrogen-bond acceptors (Lipinski definition) is 5. The second kappa shape index (κ2) is 6.49. The van der Waals surface area contributed by atoms with Gasteiger partial charge in [-0.1, -0.05) is 17.3 Å². The fourth-order valence-corrected chi connectivity index (χ4v) is 1.97. The zero-order valence-electron chi connectivity index (χ0n) is 11.8. The first-order valence-corrected chi connectivity index (χ1v) is 6.58. The number of nitrogens with two attached hydrogens (primary N) is 1. The van der Waals surface area contributed by atoms with Crippen LogP contribution in [0.3, 0.4) is 0 Å². The van der Waals surface area contributed by atoms with Gasteiger partial charge in [0.1, 0.15) is 23.7 Å². The van der Waals surface area contributed by atoms with E-state index in [1.807, 2.05) is 32.0 Å². The van der Waals surface area contributed by atoms with Gasteiger partial charge in [0.2, 0.25) is 0 Å². The summed E-state index contributed by atoms with van der Waals surface area (Å²) in [5, 5.41) is 17.0. The summed E-state index contributed by atoms with van der Waals surface area (Å²) in [4.78, 5) is 0. The smallest absolute Gasteiger partial charge is 0.132 e. The number of ether oxygens (including phenoxy) is 1. The van der Waals surface area contributed by atoms with Crippen LogP contribution in [0.2, 0.25) is 0 Å². The van der Waals surface area contributed by atoms with Crippen LogP contribution in [0.25, 0.3) is 0 Å². The highest BCUT2D eigenvalue weighted by Crippen LogP contribution is 2.20. The van der Waals surface area contributed by atoms with E-state index >= 15 is 0 Å². The van der Waals surface area contributed by atoms with Crippen LogP contribution in [-0.4, -0.2) is 26.7 Å². The molecule has 0 unspecified atom stereocenters. The zero-order chi connectivity index (χ0) is 14.5. The lowest BCUT2D eigenvalue weighted by atomic mass is 10.1. The predicted molar refractivity (Wildman–Crippen MR) is 75.2 cm³/mol. The number of nitrogens with zero attached hydrogens (tertiary/aromatic N) is 3. The quantitative estimate of drug-likeness (QED) is 0.819. The summed E-state index contributed by atoms with van der Waals surface area (Å²) in [5.74, 6) is 0.838. The largest absolute Gasteiger partial charge is 0.487 e. The highest BCUT2D eigenvalue weighted by molar-refractivity contribution is 5.36. The van der Waals surface area contributed by atoms with E-state index in [1.54, 1.807) is 4.68 Å². The molecular weight excluding hydrogens is 256 g/mol. The van der Waals surface area contributed by atoms with Gasteiger partial charge in [-0.05, 0) is 31.0 Å². The van der Waals surface area contributed by atoms with Crippen LogP contribution >= 0.6 is 0 Å². The number of aromatic nitrogens is 3. The number of benzene rings is 1. The highest BCUT2D eigenvalue weighted by atomic mass is 16.5. The number of rotatable bonds is 6. The lowest BCUT2D eigenvalue weighted by Gasteiger charge is -2.11. The Morgan fingerprint density at radius 3 is 2.85 bits per heavy atom. The van der Waals surface area contributed by atoms with E-state index in [2.05, 4.69) is 10.3 Å². The van der Waals surface area contributed by atoms with Crippen molar-refractivity contribution in [3.63, 3.8) is 0 Å². The lowest BCUT2D eigenvalue weighted by Crippen LogP contribution is -2.13. The number of aliphatic hydroxyl groups is 1. The third-order valence-electron chi connectivity index (χ3n) is 3.13. The molecule has 2 rings (SSSR count). The molecule has 0 bridgehead atoms. The van der Waals surface area contributed by atoms with E-state index in [0.29, 0.717) is 25.4 Å². The van der Waals surface area contributed by atoms with E-state index in [4.69, 9.17) is 15.6 Å². The molecule has 0 aliphatic rings. The van der Waals surface area contributed by atoms with Gasteiger partial charge in [0.25, 0.3) is 0 Å². The molecule has 20 heavy (non-hydrogen) atoms. The minimum atomic E-state index is 0.00381. The topological polar surface area (TPSA) is 86.2 Å². The molecule has 1 heterocycles. The average molecular weight is 276 g/mol. The van der Waals surface area contributed by atoms with Crippen LogP contribution in [0.5, 0.6) is 5.75 Å². The Hall–Kier alpha value is -1.92. The maximum atomic E-state index is 9.03. The molecule has 6 heteroatoms. The summed E-state index contributed by atoms with van der Waals surface area (Å²) in [6, 6.07) is 6.07. The fraction of sp³-hybridized carbons (Fsp3) is 0.429. The molecule has 0 radical (unpaired) electrons. The molecule has 0 fully saturated rings. The van der Waals surface area contributed by atoms with Gasteiger partial charge in [0, 0.05) is 6.54 Å². The van der Waals surface area contributed by atoms with Crippen molar-refractivity contribution < 1.29 is 9.84 Å². The molecule has 6 nitrogen and oxygen atoms in total. The van der Waals surface area contributed by atoms with Gasteiger partial charge < -0.3 is 15.6 Å². The maximum Gasteiger partial charge on any atom is 0.132 e. The van der Waals surface area contributed by atoms with Crippen molar-refractivity contribution in [1.29, 1.82) is 0 Å². The molecule has 0 aliphatic heterocycles. The van der Waals surface area contributed by atoms with E-state index in [1.165, 1.54) is 0 Å². The fourth-order valence-electron chi connectivity index (χ4n) is 1.97. The molecule has 0 atom stereocenters. The Morgan fingerprint density at radius 1 is 1.35 bits per heavy atom. The molecular formula is C14H20N4O2. The third kappa shape index (κ3) is 3.15. The Morgan fingerprint density at radius 2 is 2.15 bits per heavy atom. The van der Waals surface area contributed by atoms with Crippen molar-refractivity contribution in [1.82, 2.24) is 15.0 Å². The van der Waals surface area contributed by atoms with Crippen molar-refractivity contribution >= 4 is 0 Å². The van der Waals surface area contributed by atoms with Crippen LogP contribution in [0.4, 0.5) is 0 Å². The van der Waals surface area contributed by atoms with Gasteiger partial charge in [-0.2, -0.15) is 0 Å². The van der Waals surface area contributed by atoms with Crippen molar-refractivity contribution in [2.75, 3.05) is 6.61 Å². The molecule has 108 valence electrons. The van der Waals surface area contributed by atoms with Crippen LogP contribution in [0.1, 0.15) is 22.5 Å². The molecule has 0 spiro atoms. The van der Waals surface area contributed by atoms with Crippen molar-refractivity contribution in [2.45, 2.75) is 33.5 Å². The van der Waals surface area contributed by atoms with Gasteiger partial charge in [-0.15, -0.1) is 5.10 Å². The minimum absolute atomic E-state index is 0.00381. The monoisotopic (exact) mass is 276 g/mol. The summed E-state index contributed by atoms with van der Waals surface area (Å²) in [7, 11) is 0. The van der Waals surface area contributed by atoms with Gasteiger partial charge in [-0.25, -0.2) is 4.68 Å². The lowest BCUT2D eigenvalue weighted by molar-refractivity contribution is 0.251. The molecule has 1 aromatic heterocycles. The minimum Gasteiger partial charge on any atom is -0.487 e. The SMILES string of the molecule is Cc1ccc(C)c(OCc2c(CN)nnn2CCO)c1. The van der Waals surface area contributed by atoms with Gasteiger partial charge in [0.15, 0.2) is 0 Å². The molecule has 0 saturated carbocycles. The van der Waals surface area contributed by atoms with Gasteiger partial charge in [0.05, 0.1) is 13.2 Å². The second-order valence-corrected chi connectivity index (χ2v) is 4.69. The first kappa shape index (κ1) is 14.5. The summed E-state index contributed by atoms with van der Waals surface area (Å²) in [5.41, 5.74) is 9.38. The van der Waals surface area contributed by atoms with Gasteiger partial charge in [-0.3, -0.25) is 0 Å². The van der Waals surface area contributed by atoms with E-state index in [9.17, 15) is 0 Å². The van der Waals surface area contributed by atoms with Crippen LogP contribution in [0.15, 0.2) is 18.2 Å². The van der Waals surface area contributed by atoms with Crippen molar-refractivity contribution in [3.05, 3.63) is 40.7 Å². The molecule has 3 N–H and O–H groups in total. The molecule has 0 aliphatic carbocycles. The molecule has 1 aromatic carbocycles. The van der Waals surface area contributed by atoms with Crippen LogP contribution in [-0.2, 0) is 19.7 Å². The Bertz CT molecular complexity index is 581. The molecule has 0 amide bonds. The summed E-state index contributed by atoms with van der Waals surface area (Å²) in [6.45, 7) is 5.06. The number of aliphatic hydroxyl groups excluding tert-OH is 1. The first-order valence-electron chi connectivity index (χ1n) is 6.58. The van der Waals surface area contributed by atoms with Crippen LogP contribution < -0.4 is 10.5 Å². The van der Waals surface area contributed by atoms with Crippen molar-refractivity contribution in [3.8, 4) is 5.75 Å². The highest BCUT2D eigenvalue weighted by Gasteiger charge is 2.12. The number of hydrogen-bond donors (Lipinski definition) is 2. The first-order chi connectivity index (χ1) is 9.65. The number of aryl methyl sites for hydroxylation is 2. The van der Waals surface area contributed by atoms with E-state index in [0.717, 1.165) is 22.6 Å². The maximum absolute atomic E-state index is 9.03.